The van der Waals surface area contributed by atoms with Crippen LogP contribution in [0.4, 0.5) is 0 Å². The van der Waals surface area contributed by atoms with E-state index in [2.05, 4.69) is 4.98 Å². The van der Waals surface area contributed by atoms with Crippen LogP contribution in [0.15, 0.2) is 48.7 Å². The summed E-state index contributed by atoms with van der Waals surface area (Å²) in [5.74, 6) is -1.26. The highest BCUT2D eigenvalue weighted by molar-refractivity contribution is 5.92. The predicted molar refractivity (Wildman–Crippen MR) is 54.0 cm³/mol. The van der Waals surface area contributed by atoms with Crippen LogP contribution in [0.1, 0.15) is 10.5 Å². The molecule has 0 bridgehead atoms. The molecule has 2 aromatic rings. The minimum absolute atomic E-state index is 0.0244. The van der Waals surface area contributed by atoms with Crippen molar-refractivity contribution in [2.75, 3.05) is 0 Å². The van der Waals surface area contributed by atoms with Gasteiger partial charge < -0.3 is 9.90 Å². The van der Waals surface area contributed by atoms with Crippen molar-refractivity contribution in [2.45, 2.75) is 0 Å². The van der Waals surface area contributed by atoms with E-state index in [-0.39, 0.29) is 5.69 Å². The van der Waals surface area contributed by atoms with Crippen molar-refractivity contribution in [1.29, 1.82) is 0 Å². The summed E-state index contributed by atoms with van der Waals surface area (Å²) in [7, 11) is 0. The molecule has 3 nitrogen and oxygen atoms in total. The zero-order valence-corrected chi connectivity index (χ0v) is 7.88. The summed E-state index contributed by atoms with van der Waals surface area (Å²) in [6.45, 7) is 0. The predicted octanol–water partition coefficient (Wildman–Crippen LogP) is 1.11. The molecule has 15 heavy (non-hydrogen) atoms. The number of rotatable bonds is 2. The Hall–Kier alpha value is -2.16. The molecule has 1 heterocycles. The summed E-state index contributed by atoms with van der Waals surface area (Å²) in [5.41, 5.74) is 1.38. The molecule has 0 amide bonds. The van der Waals surface area contributed by atoms with Crippen LogP contribution in [0.25, 0.3) is 11.1 Å². The van der Waals surface area contributed by atoms with E-state index in [0.29, 0.717) is 5.56 Å². The van der Waals surface area contributed by atoms with Crippen molar-refractivity contribution in [3.63, 3.8) is 0 Å². The Morgan fingerprint density at radius 3 is 2.47 bits per heavy atom. The Morgan fingerprint density at radius 2 is 1.80 bits per heavy atom. The number of carboxylic acids is 1. The van der Waals surface area contributed by atoms with Crippen molar-refractivity contribution >= 4 is 5.97 Å². The molecule has 0 saturated heterocycles. The van der Waals surface area contributed by atoms with Gasteiger partial charge in [0, 0.05) is 11.8 Å². The van der Waals surface area contributed by atoms with E-state index in [4.69, 9.17) is 0 Å². The lowest BCUT2D eigenvalue weighted by molar-refractivity contribution is -0.255. The summed E-state index contributed by atoms with van der Waals surface area (Å²) in [4.78, 5) is 14.6. The van der Waals surface area contributed by atoms with Crippen molar-refractivity contribution in [3.8, 4) is 11.1 Å². The molecule has 0 aliphatic rings. The van der Waals surface area contributed by atoms with Gasteiger partial charge in [0.25, 0.3) is 0 Å². The Balaban J connectivity index is 2.58. The van der Waals surface area contributed by atoms with Gasteiger partial charge in [-0.3, -0.25) is 4.98 Å². The zero-order valence-electron chi connectivity index (χ0n) is 7.88. The van der Waals surface area contributed by atoms with Gasteiger partial charge in [-0.05, 0) is 11.6 Å². The number of carbonyl (C=O) groups excluding carboxylic acids is 1. The number of benzene rings is 1. The largest absolute Gasteiger partial charge is 0.543 e. The maximum absolute atomic E-state index is 10.8. The smallest absolute Gasteiger partial charge is 0.0935 e. The number of aromatic carboxylic acids is 1. The van der Waals surface area contributed by atoms with E-state index in [1.807, 2.05) is 30.3 Å². The number of nitrogens with zero attached hydrogens (tertiary/aromatic N) is 1. The lowest BCUT2D eigenvalue weighted by Gasteiger charge is -2.08. The van der Waals surface area contributed by atoms with Crippen molar-refractivity contribution in [3.05, 3.63) is 54.4 Å². The number of pyridine rings is 1. The molecule has 1 aromatic carbocycles. The molecule has 0 N–H and O–H groups in total. The summed E-state index contributed by atoms with van der Waals surface area (Å²) in [6.07, 6.45) is 1.44. The Bertz CT molecular complexity index is 480. The monoisotopic (exact) mass is 198 g/mol. The molecule has 0 fully saturated rings. The molecule has 1 aromatic heterocycles. The average molecular weight is 198 g/mol. The first-order chi connectivity index (χ1) is 7.29. The fraction of sp³-hybridized carbons (Fsp3) is 0. The van der Waals surface area contributed by atoms with Crippen LogP contribution in [-0.2, 0) is 0 Å². The molecule has 0 aliphatic carbocycles. The van der Waals surface area contributed by atoms with E-state index in [1.54, 1.807) is 12.1 Å². The Kier molecular flexibility index (Phi) is 2.46. The van der Waals surface area contributed by atoms with Gasteiger partial charge in [0.05, 0.1) is 11.7 Å². The van der Waals surface area contributed by atoms with Crippen LogP contribution < -0.4 is 5.11 Å². The number of hydrogen-bond donors (Lipinski definition) is 0. The molecular weight excluding hydrogens is 190 g/mol. The second-order valence-electron chi connectivity index (χ2n) is 3.05. The van der Waals surface area contributed by atoms with Crippen molar-refractivity contribution < 1.29 is 9.90 Å². The third kappa shape index (κ3) is 1.86. The molecule has 0 spiro atoms. The van der Waals surface area contributed by atoms with E-state index in [1.165, 1.54) is 6.20 Å². The molecule has 0 aliphatic heterocycles. The van der Waals surface area contributed by atoms with Crippen LogP contribution in [0.5, 0.6) is 0 Å². The number of carboxylic acid groups (broad SMARTS) is 1. The van der Waals surface area contributed by atoms with Crippen LogP contribution in [0.3, 0.4) is 0 Å². The van der Waals surface area contributed by atoms with Gasteiger partial charge in [-0.15, -0.1) is 0 Å². The highest BCUT2D eigenvalue weighted by atomic mass is 16.4. The van der Waals surface area contributed by atoms with Gasteiger partial charge in [0.1, 0.15) is 0 Å². The molecule has 3 heteroatoms. The van der Waals surface area contributed by atoms with Crippen LogP contribution >= 0.6 is 0 Å². The normalized spacial score (nSPS) is 9.87. The number of aromatic nitrogens is 1. The molecule has 74 valence electrons. The van der Waals surface area contributed by atoms with Crippen molar-refractivity contribution in [1.82, 2.24) is 4.98 Å². The van der Waals surface area contributed by atoms with Gasteiger partial charge in [0.2, 0.25) is 0 Å². The molecule has 0 radical (unpaired) electrons. The first-order valence-corrected chi connectivity index (χ1v) is 4.51. The Labute approximate surface area is 87.0 Å². The quantitative estimate of drug-likeness (QED) is 0.726. The molecule has 0 saturated carbocycles. The zero-order chi connectivity index (χ0) is 10.7. The summed E-state index contributed by atoms with van der Waals surface area (Å²) < 4.78 is 0. The first-order valence-electron chi connectivity index (χ1n) is 4.51. The molecular formula is C12H8NO2-. The lowest BCUT2D eigenvalue weighted by Crippen LogP contribution is -2.24. The van der Waals surface area contributed by atoms with E-state index >= 15 is 0 Å². The van der Waals surface area contributed by atoms with Gasteiger partial charge >= 0.3 is 0 Å². The average Bonchev–Trinajstić information content (AvgIpc) is 2.30. The first kappa shape index (κ1) is 9.40. The second-order valence-corrected chi connectivity index (χ2v) is 3.05. The minimum atomic E-state index is -1.26. The standard InChI is InChI=1S/C12H9NO2/c14-12(15)11-10(7-4-8-13-11)9-5-2-1-3-6-9/h1-8H,(H,14,15)/p-1. The van der Waals surface area contributed by atoms with Gasteiger partial charge in [-0.2, -0.15) is 0 Å². The minimum Gasteiger partial charge on any atom is -0.543 e. The van der Waals surface area contributed by atoms with E-state index in [0.717, 1.165) is 5.56 Å². The number of hydrogen-bond acceptors (Lipinski definition) is 3. The fourth-order valence-corrected chi connectivity index (χ4v) is 1.42. The topological polar surface area (TPSA) is 53.0 Å². The maximum Gasteiger partial charge on any atom is 0.0935 e. The van der Waals surface area contributed by atoms with Gasteiger partial charge in [-0.25, -0.2) is 0 Å². The van der Waals surface area contributed by atoms with Crippen molar-refractivity contribution in [2.24, 2.45) is 0 Å². The fourth-order valence-electron chi connectivity index (χ4n) is 1.42. The highest BCUT2D eigenvalue weighted by Crippen LogP contribution is 2.20. The third-order valence-electron chi connectivity index (χ3n) is 2.09. The SMILES string of the molecule is O=C([O-])c1ncccc1-c1ccccc1. The van der Waals surface area contributed by atoms with E-state index < -0.39 is 5.97 Å². The van der Waals surface area contributed by atoms with Gasteiger partial charge in [-0.1, -0.05) is 36.4 Å². The van der Waals surface area contributed by atoms with Gasteiger partial charge in [0.15, 0.2) is 0 Å². The maximum atomic E-state index is 10.8. The third-order valence-corrected chi connectivity index (χ3v) is 2.09. The van der Waals surface area contributed by atoms with Crippen LogP contribution in [0, 0.1) is 0 Å². The number of carbonyl (C=O) groups is 1. The summed E-state index contributed by atoms with van der Waals surface area (Å²) in [6, 6.07) is 12.7. The van der Waals surface area contributed by atoms with E-state index in [9.17, 15) is 9.90 Å². The highest BCUT2D eigenvalue weighted by Gasteiger charge is 2.05. The van der Waals surface area contributed by atoms with Crippen LogP contribution in [-0.4, -0.2) is 11.0 Å². The second kappa shape index (κ2) is 3.92. The molecule has 0 unspecified atom stereocenters. The summed E-state index contributed by atoms with van der Waals surface area (Å²) in [5, 5.41) is 10.8. The summed E-state index contributed by atoms with van der Waals surface area (Å²) >= 11 is 0. The molecule has 0 atom stereocenters. The van der Waals surface area contributed by atoms with Crippen LogP contribution in [0.2, 0.25) is 0 Å². The lowest BCUT2D eigenvalue weighted by atomic mass is 10.0. The molecule has 2 rings (SSSR count). The Morgan fingerprint density at radius 1 is 1.07 bits per heavy atom.